The highest BCUT2D eigenvalue weighted by Gasteiger charge is 2.41. The lowest BCUT2D eigenvalue weighted by molar-refractivity contribution is -0.117. The lowest BCUT2D eigenvalue weighted by Crippen LogP contribution is -2.44. The maximum Gasteiger partial charge on any atom is 0.251 e. The number of aromatic nitrogens is 2. The summed E-state index contributed by atoms with van der Waals surface area (Å²) >= 11 is 1.13. The number of benzene rings is 2. The third-order valence-corrected chi connectivity index (χ3v) is 5.48. The highest BCUT2D eigenvalue weighted by molar-refractivity contribution is 7.00. The number of hydrogen-bond acceptors (Lipinski definition) is 6. The monoisotopic (exact) mass is 365 g/mol. The Morgan fingerprint density at radius 3 is 2.96 bits per heavy atom. The predicted octanol–water partition coefficient (Wildman–Crippen LogP) is 2.02. The molecule has 0 saturated carbocycles. The largest absolute Gasteiger partial charge is 0.356 e. The Morgan fingerprint density at radius 1 is 1.19 bits per heavy atom. The summed E-state index contributed by atoms with van der Waals surface area (Å²) in [5.74, 6) is -0.172. The second kappa shape index (κ2) is 5.77. The zero-order valence-electron chi connectivity index (χ0n) is 13.7. The van der Waals surface area contributed by atoms with Gasteiger partial charge in [0.1, 0.15) is 17.1 Å². The molecule has 1 saturated heterocycles. The number of amides is 2. The van der Waals surface area contributed by atoms with Crippen LogP contribution in [0.1, 0.15) is 16.8 Å². The van der Waals surface area contributed by atoms with E-state index >= 15 is 0 Å². The minimum atomic E-state index is -0.250. The summed E-state index contributed by atoms with van der Waals surface area (Å²) in [5, 5.41) is 6.00. The van der Waals surface area contributed by atoms with E-state index in [9.17, 15) is 9.59 Å². The van der Waals surface area contributed by atoms with E-state index in [-0.39, 0.29) is 23.9 Å². The van der Waals surface area contributed by atoms with Gasteiger partial charge in [0.2, 0.25) is 5.91 Å². The number of hydrogen-bond donors (Lipinski definition) is 2. The summed E-state index contributed by atoms with van der Waals surface area (Å²) in [6.07, 6.45) is 0.590. The first-order valence-corrected chi connectivity index (χ1v) is 9.12. The van der Waals surface area contributed by atoms with Crippen LogP contribution in [0.3, 0.4) is 0 Å². The molecule has 0 spiro atoms. The fourth-order valence-electron chi connectivity index (χ4n) is 3.69. The molecule has 2 aromatic carbocycles. The quantitative estimate of drug-likeness (QED) is 0.726. The smallest absolute Gasteiger partial charge is 0.251 e. The van der Waals surface area contributed by atoms with E-state index in [1.807, 2.05) is 24.3 Å². The number of carbonyl (C=O) groups is 2. The van der Waals surface area contributed by atoms with Crippen molar-refractivity contribution in [2.24, 2.45) is 0 Å². The van der Waals surface area contributed by atoms with Crippen LogP contribution < -0.4 is 15.5 Å². The number of nitrogens with one attached hydrogen (secondary N) is 2. The van der Waals surface area contributed by atoms with Crippen LogP contribution in [0, 0.1) is 0 Å². The first-order valence-electron chi connectivity index (χ1n) is 8.39. The van der Waals surface area contributed by atoms with Crippen LogP contribution in [0.2, 0.25) is 0 Å². The van der Waals surface area contributed by atoms with E-state index in [4.69, 9.17) is 0 Å². The Hall–Kier alpha value is -3.00. The number of fused-ring (bicyclic) bond motifs is 4. The molecule has 2 amide bonds. The first-order chi connectivity index (χ1) is 12.7. The second-order valence-electron chi connectivity index (χ2n) is 6.55. The van der Waals surface area contributed by atoms with Gasteiger partial charge in [-0.3, -0.25) is 9.59 Å². The number of rotatable bonds is 2. The molecule has 130 valence electrons. The summed E-state index contributed by atoms with van der Waals surface area (Å²) in [6.45, 7) is 0.612. The molecule has 2 atom stereocenters. The maximum atomic E-state index is 12.6. The highest BCUT2D eigenvalue weighted by atomic mass is 32.1. The van der Waals surface area contributed by atoms with Crippen molar-refractivity contribution in [3.05, 3.63) is 48.0 Å². The zero-order valence-corrected chi connectivity index (χ0v) is 14.5. The average Bonchev–Trinajstić information content (AvgIpc) is 3.28. The third-order valence-electron chi connectivity index (χ3n) is 4.93. The minimum absolute atomic E-state index is 0.0181. The normalized spacial score (nSPS) is 21.2. The molecule has 26 heavy (non-hydrogen) atoms. The molecular weight excluding hydrogens is 350 g/mol. The number of para-hydroxylation sites is 2. The summed E-state index contributed by atoms with van der Waals surface area (Å²) < 4.78 is 8.33. The van der Waals surface area contributed by atoms with Crippen molar-refractivity contribution >= 4 is 46.0 Å². The maximum absolute atomic E-state index is 12.6. The van der Waals surface area contributed by atoms with Crippen molar-refractivity contribution < 1.29 is 9.59 Å². The zero-order chi connectivity index (χ0) is 17.7. The van der Waals surface area contributed by atoms with Crippen LogP contribution in [0.25, 0.3) is 11.0 Å². The lowest BCUT2D eigenvalue weighted by atomic mass is 10.1. The molecule has 0 radical (unpaired) electrons. The van der Waals surface area contributed by atoms with Crippen molar-refractivity contribution in [2.75, 3.05) is 16.8 Å². The van der Waals surface area contributed by atoms with Crippen LogP contribution in [0.15, 0.2) is 42.5 Å². The van der Waals surface area contributed by atoms with Gasteiger partial charge in [-0.1, -0.05) is 12.1 Å². The molecule has 8 heteroatoms. The van der Waals surface area contributed by atoms with Crippen LogP contribution >= 0.6 is 11.7 Å². The van der Waals surface area contributed by atoms with Crippen LogP contribution in [-0.4, -0.2) is 39.2 Å². The van der Waals surface area contributed by atoms with E-state index in [0.717, 1.165) is 34.1 Å². The molecule has 2 aliphatic heterocycles. The average molecular weight is 365 g/mol. The van der Waals surface area contributed by atoms with Crippen molar-refractivity contribution in [2.45, 2.75) is 18.5 Å². The van der Waals surface area contributed by atoms with E-state index < -0.39 is 0 Å². The van der Waals surface area contributed by atoms with Crippen molar-refractivity contribution in [1.29, 1.82) is 0 Å². The van der Waals surface area contributed by atoms with Crippen LogP contribution in [-0.2, 0) is 4.79 Å². The van der Waals surface area contributed by atoms with Crippen LogP contribution in [0.5, 0.6) is 0 Å². The Morgan fingerprint density at radius 2 is 2.04 bits per heavy atom. The van der Waals surface area contributed by atoms with Gasteiger partial charge in [0.25, 0.3) is 5.91 Å². The van der Waals surface area contributed by atoms with Gasteiger partial charge in [0.15, 0.2) is 0 Å². The fourth-order valence-corrected chi connectivity index (χ4v) is 4.21. The molecule has 0 bridgehead atoms. The van der Waals surface area contributed by atoms with E-state index in [0.29, 0.717) is 18.5 Å². The van der Waals surface area contributed by atoms with E-state index in [2.05, 4.69) is 24.3 Å². The standard InChI is InChI=1S/C18H15N5O2S/c24-17(10-5-6-12-14(7-10)22-26-21-12)19-11-8-16-18(25)20-13-3-1-2-4-15(13)23(16)9-11/h1-7,11,16H,8-9H2,(H,19,24)(H,20,25)/t11-,16-/m0/s1. The Bertz CT molecular complexity index is 1030. The molecule has 3 aromatic rings. The minimum Gasteiger partial charge on any atom is -0.356 e. The molecule has 7 nitrogen and oxygen atoms in total. The molecule has 1 aromatic heterocycles. The van der Waals surface area contributed by atoms with Gasteiger partial charge in [0.05, 0.1) is 23.1 Å². The highest BCUT2D eigenvalue weighted by Crippen LogP contribution is 2.36. The molecule has 2 aliphatic rings. The summed E-state index contributed by atoms with van der Waals surface area (Å²) in [6, 6.07) is 12.7. The molecule has 3 heterocycles. The van der Waals surface area contributed by atoms with Gasteiger partial charge in [-0.25, -0.2) is 0 Å². The Balaban J connectivity index is 1.36. The van der Waals surface area contributed by atoms with Gasteiger partial charge in [-0.05, 0) is 36.8 Å². The molecule has 0 unspecified atom stereocenters. The number of nitrogens with zero attached hydrogens (tertiary/aromatic N) is 3. The second-order valence-corrected chi connectivity index (χ2v) is 7.08. The predicted molar refractivity (Wildman–Crippen MR) is 99.5 cm³/mol. The van der Waals surface area contributed by atoms with E-state index in [1.165, 1.54) is 0 Å². The third kappa shape index (κ3) is 2.41. The van der Waals surface area contributed by atoms with Gasteiger partial charge in [-0.15, -0.1) is 0 Å². The van der Waals surface area contributed by atoms with Gasteiger partial charge >= 0.3 is 0 Å². The van der Waals surface area contributed by atoms with Gasteiger partial charge in [-0.2, -0.15) is 8.75 Å². The molecular formula is C18H15N5O2S. The van der Waals surface area contributed by atoms with Gasteiger partial charge in [0, 0.05) is 18.2 Å². The Labute approximate surface area is 153 Å². The molecule has 0 aliphatic carbocycles. The summed E-state index contributed by atoms with van der Waals surface area (Å²) in [7, 11) is 0. The summed E-state index contributed by atoms with van der Waals surface area (Å²) in [4.78, 5) is 27.1. The number of carbonyl (C=O) groups excluding carboxylic acids is 2. The lowest BCUT2D eigenvalue weighted by Gasteiger charge is -2.32. The SMILES string of the molecule is O=C(N[C@H]1C[C@H]2C(=O)Nc3ccccc3N2C1)c1ccc2nsnc2c1. The van der Waals surface area contributed by atoms with E-state index in [1.54, 1.807) is 18.2 Å². The van der Waals surface area contributed by atoms with Crippen LogP contribution in [0.4, 0.5) is 11.4 Å². The summed E-state index contributed by atoms with van der Waals surface area (Å²) in [5.41, 5.74) is 3.89. The molecule has 5 rings (SSSR count). The Kier molecular flexibility index (Phi) is 3.39. The van der Waals surface area contributed by atoms with Crippen molar-refractivity contribution in [3.63, 3.8) is 0 Å². The fraction of sp³-hybridized carbons (Fsp3) is 0.222. The topological polar surface area (TPSA) is 87.2 Å². The first kappa shape index (κ1) is 15.3. The van der Waals surface area contributed by atoms with Gasteiger partial charge < -0.3 is 15.5 Å². The molecule has 1 fully saturated rings. The van der Waals surface area contributed by atoms with Crippen molar-refractivity contribution in [3.8, 4) is 0 Å². The molecule has 2 N–H and O–H groups in total. The van der Waals surface area contributed by atoms with Crippen molar-refractivity contribution in [1.82, 2.24) is 14.1 Å². The number of anilines is 2.